The lowest BCUT2D eigenvalue weighted by Gasteiger charge is -2.36. The quantitative estimate of drug-likeness (QED) is 0.578. The Morgan fingerprint density at radius 2 is 1.74 bits per heavy atom. The lowest BCUT2D eigenvalue weighted by molar-refractivity contribution is 0.0744. The van der Waals surface area contributed by atoms with Crippen molar-refractivity contribution in [2.24, 2.45) is 0 Å². The number of piperazine rings is 1. The molecule has 2 aliphatic rings. The van der Waals surface area contributed by atoms with Crippen LogP contribution in [0.2, 0.25) is 0 Å². The molecule has 5 rings (SSSR count). The molecule has 1 aromatic heterocycles. The summed E-state index contributed by atoms with van der Waals surface area (Å²) < 4.78 is 11.3. The van der Waals surface area contributed by atoms with E-state index in [-0.39, 0.29) is 5.91 Å². The van der Waals surface area contributed by atoms with E-state index >= 15 is 0 Å². The van der Waals surface area contributed by atoms with Crippen LogP contribution in [0.3, 0.4) is 0 Å². The summed E-state index contributed by atoms with van der Waals surface area (Å²) in [5.74, 6) is 2.35. The maximum absolute atomic E-state index is 13.7. The summed E-state index contributed by atoms with van der Waals surface area (Å²) in [6, 6.07) is 13.9. The van der Waals surface area contributed by atoms with Crippen LogP contribution >= 0.6 is 0 Å². The standard InChI is InChI=1S/C26H31N5O3/c1-3-34-22-9-8-20-6-4-5-7-21(20)24(22)25(32)30-12-10-29(11-13-30)23-18-19(2)27-26(28-23)31-14-16-33-17-15-31/h4-9,18H,3,10-17H2,1-2H3. The van der Waals surface area contributed by atoms with Crippen molar-refractivity contribution in [1.82, 2.24) is 14.9 Å². The summed E-state index contributed by atoms with van der Waals surface area (Å²) >= 11 is 0. The first-order valence-electron chi connectivity index (χ1n) is 12.0. The molecular formula is C26H31N5O3. The molecule has 2 fully saturated rings. The van der Waals surface area contributed by atoms with Gasteiger partial charge in [-0.25, -0.2) is 4.98 Å². The molecule has 34 heavy (non-hydrogen) atoms. The normalized spacial score (nSPS) is 16.7. The third kappa shape index (κ3) is 4.50. The van der Waals surface area contributed by atoms with Crippen molar-refractivity contribution in [2.75, 3.05) is 68.9 Å². The summed E-state index contributed by atoms with van der Waals surface area (Å²) in [4.78, 5) is 29.5. The number of hydrogen-bond acceptors (Lipinski definition) is 7. The highest BCUT2D eigenvalue weighted by atomic mass is 16.5. The number of morpholine rings is 1. The number of aromatic nitrogens is 2. The fourth-order valence-electron chi connectivity index (χ4n) is 4.65. The minimum absolute atomic E-state index is 0.0211. The van der Waals surface area contributed by atoms with Crippen LogP contribution in [0, 0.1) is 6.92 Å². The zero-order valence-electron chi connectivity index (χ0n) is 19.9. The summed E-state index contributed by atoms with van der Waals surface area (Å²) in [5, 5.41) is 1.97. The predicted octanol–water partition coefficient (Wildman–Crippen LogP) is 3.14. The van der Waals surface area contributed by atoms with Gasteiger partial charge in [0.25, 0.3) is 5.91 Å². The van der Waals surface area contributed by atoms with E-state index < -0.39 is 0 Å². The highest BCUT2D eigenvalue weighted by Gasteiger charge is 2.27. The number of hydrogen-bond donors (Lipinski definition) is 0. The second-order valence-corrected chi connectivity index (χ2v) is 8.64. The molecule has 0 bridgehead atoms. The molecule has 1 amide bonds. The smallest absolute Gasteiger partial charge is 0.258 e. The first kappa shape index (κ1) is 22.4. The number of nitrogens with zero attached hydrogens (tertiary/aromatic N) is 5. The van der Waals surface area contributed by atoms with Crippen LogP contribution in [0.5, 0.6) is 5.75 Å². The number of aryl methyl sites for hydroxylation is 1. The van der Waals surface area contributed by atoms with Crippen LogP contribution in [-0.2, 0) is 4.74 Å². The fraction of sp³-hybridized carbons (Fsp3) is 0.423. The summed E-state index contributed by atoms with van der Waals surface area (Å²) in [6.07, 6.45) is 0. The lowest BCUT2D eigenvalue weighted by Crippen LogP contribution is -2.49. The van der Waals surface area contributed by atoms with Gasteiger partial charge in [0, 0.05) is 51.0 Å². The average Bonchev–Trinajstić information content (AvgIpc) is 2.88. The first-order chi connectivity index (χ1) is 16.6. The van der Waals surface area contributed by atoms with Gasteiger partial charge < -0.3 is 24.2 Å². The van der Waals surface area contributed by atoms with Crippen molar-refractivity contribution in [1.29, 1.82) is 0 Å². The third-order valence-electron chi connectivity index (χ3n) is 6.42. The maximum Gasteiger partial charge on any atom is 0.258 e. The molecule has 0 aliphatic carbocycles. The number of amides is 1. The Labute approximate surface area is 200 Å². The van der Waals surface area contributed by atoms with E-state index in [1.165, 1.54) is 0 Å². The van der Waals surface area contributed by atoms with E-state index in [1.807, 2.05) is 61.2 Å². The Balaban J connectivity index is 1.34. The molecular weight excluding hydrogens is 430 g/mol. The van der Waals surface area contributed by atoms with E-state index in [9.17, 15) is 4.79 Å². The fourth-order valence-corrected chi connectivity index (χ4v) is 4.65. The van der Waals surface area contributed by atoms with Crippen molar-refractivity contribution < 1.29 is 14.3 Å². The maximum atomic E-state index is 13.7. The molecule has 2 saturated heterocycles. The van der Waals surface area contributed by atoms with Gasteiger partial charge in [0.2, 0.25) is 5.95 Å². The van der Waals surface area contributed by atoms with E-state index in [0.29, 0.717) is 44.2 Å². The molecule has 0 unspecified atom stereocenters. The molecule has 3 aromatic rings. The van der Waals surface area contributed by atoms with Gasteiger partial charge in [0.05, 0.1) is 25.4 Å². The molecule has 8 heteroatoms. The predicted molar refractivity (Wildman–Crippen MR) is 133 cm³/mol. The molecule has 0 spiro atoms. The van der Waals surface area contributed by atoms with Crippen LogP contribution in [0.1, 0.15) is 23.0 Å². The zero-order chi connectivity index (χ0) is 23.5. The molecule has 0 atom stereocenters. The Morgan fingerprint density at radius 3 is 2.50 bits per heavy atom. The monoisotopic (exact) mass is 461 g/mol. The second-order valence-electron chi connectivity index (χ2n) is 8.64. The molecule has 178 valence electrons. The van der Waals surface area contributed by atoms with Gasteiger partial charge in [0.1, 0.15) is 11.6 Å². The van der Waals surface area contributed by atoms with Crippen LogP contribution < -0.4 is 14.5 Å². The van der Waals surface area contributed by atoms with Gasteiger partial charge in [-0.1, -0.05) is 30.3 Å². The highest BCUT2D eigenvalue weighted by molar-refractivity contribution is 6.09. The van der Waals surface area contributed by atoms with Crippen molar-refractivity contribution >= 4 is 28.4 Å². The molecule has 8 nitrogen and oxygen atoms in total. The average molecular weight is 462 g/mol. The number of benzene rings is 2. The SMILES string of the molecule is CCOc1ccc2ccccc2c1C(=O)N1CCN(c2cc(C)nc(N3CCOCC3)n2)CC1. The van der Waals surface area contributed by atoms with E-state index in [1.54, 1.807) is 0 Å². The number of ether oxygens (including phenoxy) is 2. The van der Waals surface area contributed by atoms with Crippen molar-refractivity contribution in [3.63, 3.8) is 0 Å². The Kier molecular flexibility index (Phi) is 6.49. The highest BCUT2D eigenvalue weighted by Crippen LogP contribution is 2.30. The van der Waals surface area contributed by atoms with Gasteiger partial charge in [-0.2, -0.15) is 4.98 Å². The minimum atomic E-state index is 0.0211. The van der Waals surface area contributed by atoms with Gasteiger partial charge in [-0.05, 0) is 30.7 Å². The Hall–Kier alpha value is -3.39. The molecule has 2 aromatic carbocycles. The number of carbonyl (C=O) groups is 1. The zero-order valence-corrected chi connectivity index (χ0v) is 19.9. The van der Waals surface area contributed by atoms with Gasteiger partial charge >= 0.3 is 0 Å². The number of carbonyl (C=O) groups excluding carboxylic acids is 1. The van der Waals surface area contributed by atoms with Crippen molar-refractivity contribution in [3.8, 4) is 5.75 Å². The summed E-state index contributed by atoms with van der Waals surface area (Å²) in [5.41, 5.74) is 1.60. The first-order valence-corrected chi connectivity index (χ1v) is 12.0. The summed E-state index contributed by atoms with van der Waals surface area (Å²) in [6.45, 7) is 10.2. The molecule has 0 radical (unpaired) electrons. The second kappa shape index (κ2) is 9.85. The third-order valence-corrected chi connectivity index (χ3v) is 6.42. The topological polar surface area (TPSA) is 71.0 Å². The van der Waals surface area contributed by atoms with Crippen LogP contribution in [0.4, 0.5) is 11.8 Å². The number of rotatable bonds is 5. The van der Waals surface area contributed by atoms with E-state index in [2.05, 4.69) is 14.8 Å². The van der Waals surface area contributed by atoms with E-state index in [4.69, 9.17) is 14.5 Å². The van der Waals surface area contributed by atoms with Gasteiger partial charge in [-0.3, -0.25) is 4.79 Å². The van der Waals surface area contributed by atoms with Crippen LogP contribution in [-0.4, -0.2) is 79.9 Å². The minimum Gasteiger partial charge on any atom is -0.493 e. The summed E-state index contributed by atoms with van der Waals surface area (Å²) in [7, 11) is 0. The Morgan fingerprint density at radius 1 is 0.971 bits per heavy atom. The molecule has 3 heterocycles. The van der Waals surface area contributed by atoms with Crippen LogP contribution in [0.15, 0.2) is 42.5 Å². The number of anilines is 2. The largest absolute Gasteiger partial charge is 0.493 e. The lowest BCUT2D eigenvalue weighted by atomic mass is 10.0. The molecule has 0 N–H and O–H groups in total. The molecule has 2 aliphatic heterocycles. The van der Waals surface area contributed by atoms with Crippen molar-refractivity contribution in [2.45, 2.75) is 13.8 Å². The Bertz CT molecular complexity index is 1170. The van der Waals surface area contributed by atoms with Crippen molar-refractivity contribution in [3.05, 3.63) is 53.7 Å². The van der Waals surface area contributed by atoms with E-state index in [0.717, 1.165) is 54.4 Å². The van der Waals surface area contributed by atoms with Crippen LogP contribution in [0.25, 0.3) is 10.8 Å². The van der Waals surface area contributed by atoms with Gasteiger partial charge in [-0.15, -0.1) is 0 Å². The molecule has 0 saturated carbocycles. The number of fused-ring (bicyclic) bond motifs is 1. The van der Waals surface area contributed by atoms with Gasteiger partial charge in [0.15, 0.2) is 0 Å².